The van der Waals surface area contributed by atoms with Gasteiger partial charge in [-0.3, -0.25) is 0 Å². The number of nitrogens with zero attached hydrogens (tertiary/aromatic N) is 1. The van der Waals surface area contributed by atoms with Gasteiger partial charge in [-0.1, -0.05) is 25.1 Å². The van der Waals surface area contributed by atoms with Gasteiger partial charge in [-0.2, -0.15) is 0 Å². The Morgan fingerprint density at radius 2 is 1.92 bits per heavy atom. The van der Waals surface area contributed by atoms with E-state index in [9.17, 15) is 9.90 Å². The van der Waals surface area contributed by atoms with E-state index in [1.165, 1.54) is 16.0 Å². The van der Waals surface area contributed by atoms with E-state index in [4.69, 9.17) is 4.74 Å². The summed E-state index contributed by atoms with van der Waals surface area (Å²) in [4.78, 5) is 14.1. The zero-order chi connectivity index (χ0) is 18.4. The molecule has 0 bridgehead atoms. The molecule has 0 aromatic heterocycles. The van der Waals surface area contributed by atoms with Crippen LogP contribution in [0.4, 0.5) is 10.5 Å². The Morgan fingerprint density at radius 1 is 1.24 bits per heavy atom. The first kappa shape index (κ1) is 18.8. The Balaban J connectivity index is 2.13. The maximum Gasteiger partial charge on any atom is 0.322 e. The average molecular weight is 342 g/mol. The standard InChI is InChI=1S/C20H26N2O3/c1-5-15-12-17(9-6-14(15)2)21-20(24)22(3)19(13-23)16-7-10-18(25-4)11-8-16/h6-12,19,23H,5,13H2,1-4H3,(H,21,24). The van der Waals surface area contributed by atoms with Gasteiger partial charge in [-0.05, 0) is 54.3 Å². The molecule has 5 heteroatoms. The van der Waals surface area contributed by atoms with Crippen LogP contribution in [0.1, 0.15) is 29.7 Å². The van der Waals surface area contributed by atoms with Gasteiger partial charge in [0.15, 0.2) is 0 Å². The highest BCUT2D eigenvalue weighted by atomic mass is 16.5. The summed E-state index contributed by atoms with van der Waals surface area (Å²) in [5.41, 5.74) is 4.01. The smallest absolute Gasteiger partial charge is 0.322 e. The van der Waals surface area contributed by atoms with Gasteiger partial charge in [0.25, 0.3) is 0 Å². The van der Waals surface area contributed by atoms with Crippen LogP contribution in [0.5, 0.6) is 5.75 Å². The SMILES string of the molecule is CCc1cc(NC(=O)N(C)C(CO)c2ccc(OC)cc2)ccc1C. The largest absolute Gasteiger partial charge is 0.497 e. The van der Waals surface area contributed by atoms with E-state index in [0.717, 1.165) is 23.4 Å². The van der Waals surface area contributed by atoms with Gasteiger partial charge in [0.1, 0.15) is 5.75 Å². The van der Waals surface area contributed by atoms with Crippen LogP contribution < -0.4 is 10.1 Å². The number of carbonyl (C=O) groups is 1. The molecule has 25 heavy (non-hydrogen) atoms. The zero-order valence-corrected chi connectivity index (χ0v) is 15.2. The summed E-state index contributed by atoms with van der Waals surface area (Å²) >= 11 is 0. The topological polar surface area (TPSA) is 61.8 Å². The molecule has 2 amide bonds. The molecule has 2 rings (SSSR count). The summed E-state index contributed by atoms with van der Waals surface area (Å²) in [6.45, 7) is 3.98. The number of ether oxygens (including phenoxy) is 1. The molecule has 1 atom stereocenters. The lowest BCUT2D eigenvalue weighted by Gasteiger charge is -2.27. The first-order valence-corrected chi connectivity index (χ1v) is 8.38. The molecule has 0 aliphatic heterocycles. The van der Waals surface area contributed by atoms with Gasteiger partial charge in [-0.25, -0.2) is 4.79 Å². The van der Waals surface area contributed by atoms with Crippen molar-refractivity contribution in [2.45, 2.75) is 26.3 Å². The van der Waals surface area contributed by atoms with Crippen molar-refractivity contribution < 1.29 is 14.6 Å². The van der Waals surface area contributed by atoms with Gasteiger partial charge in [0.2, 0.25) is 0 Å². The Kier molecular flexibility index (Phi) is 6.42. The fourth-order valence-electron chi connectivity index (χ4n) is 2.76. The summed E-state index contributed by atoms with van der Waals surface area (Å²) in [5.74, 6) is 0.735. The van der Waals surface area contributed by atoms with E-state index in [0.29, 0.717) is 0 Å². The molecular weight excluding hydrogens is 316 g/mol. The number of aliphatic hydroxyl groups is 1. The molecule has 0 aliphatic carbocycles. The number of aliphatic hydroxyl groups excluding tert-OH is 1. The number of rotatable bonds is 6. The number of likely N-dealkylation sites (N-methyl/N-ethyl adjacent to an activating group) is 1. The summed E-state index contributed by atoms with van der Waals surface area (Å²) in [6.07, 6.45) is 0.913. The maximum absolute atomic E-state index is 12.6. The number of anilines is 1. The second kappa shape index (κ2) is 8.53. The molecule has 0 heterocycles. The second-order valence-electron chi connectivity index (χ2n) is 6.01. The number of aryl methyl sites for hydroxylation is 2. The predicted octanol–water partition coefficient (Wildman–Crippen LogP) is 3.76. The summed E-state index contributed by atoms with van der Waals surface area (Å²) in [6, 6.07) is 12.5. The van der Waals surface area contributed by atoms with Crippen molar-refractivity contribution >= 4 is 11.7 Å². The number of hydrogen-bond donors (Lipinski definition) is 2. The minimum absolute atomic E-state index is 0.162. The highest BCUT2D eigenvalue weighted by molar-refractivity contribution is 5.89. The number of nitrogens with one attached hydrogen (secondary N) is 1. The predicted molar refractivity (Wildman–Crippen MR) is 100 cm³/mol. The Labute approximate surface area is 149 Å². The molecular formula is C20H26N2O3. The maximum atomic E-state index is 12.6. The van der Waals surface area contributed by atoms with Crippen LogP contribution in [0.15, 0.2) is 42.5 Å². The number of benzene rings is 2. The van der Waals surface area contributed by atoms with Crippen LogP contribution in [0.2, 0.25) is 0 Å². The normalized spacial score (nSPS) is 11.7. The van der Waals surface area contributed by atoms with Crippen LogP contribution in [0, 0.1) is 6.92 Å². The van der Waals surface area contributed by atoms with Gasteiger partial charge >= 0.3 is 6.03 Å². The molecule has 0 spiro atoms. The number of urea groups is 1. The summed E-state index contributed by atoms with van der Waals surface area (Å²) in [7, 11) is 3.28. The summed E-state index contributed by atoms with van der Waals surface area (Å²) in [5, 5.41) is 12.7. The molecule has 0 saturated heterocycles. The molecule has 1 unspecified atom stereocenters. The lowest BCUT2D eigenvalue weighted by atomic mass is 10.1. The van der Waals surface area contributed by atoms with Crippen LogP contribution in [-0.4, -0.2) is 36.8 Å². The van der Waals surface area contributed by atoms with E-state index in [-0.39, 0.29) is 12.6 Å². The van der Waals surface area contributed by atoms with Crippen molar-refractivity contribution in [3.05, 3.63) is 59.2 Å². The van der Waals surface area contributed by atoms with Crippen LogP contribution in [0.3, 0.4) is 0 Å². The van der Waals surface area contributed by atoms with Gasteiger partial charge in [-0.15, -0.1) is 0 Å². The van der Waals surface area contributed by atoms with E-state index in [1.54, 1.807) is 14.2 Å². The van der Waals surface area contributed by atoms with Gasteiger partial charge in [0.05, 0.1) is 19.8 Å². The monoisotopic (exact) mass is 342 g/mol. The van der Waals surface area contributed by atoms with Crippen molar-refractivity contribution in [1.82, 2.24) is 4.90 Å². The van der Waals surface area contributed by atoms with E-state index in [2.05, 4.69) is 19.2 Å². The minimum atomic E-state index is -0.429. The molecule has 2 N–H and O–H groups in total. The van der Waals surface area contributed by atoms with Crippen LogP contribution in [-0.2, 0) is 6.42 Å². The van der Waals surface area contributed by atoms with E-state index in [1.807, 2.05) is 42.5 Å². The molecule has 5 nitrogen and oxygen atoms in total. The number of hydrogen-bond acceptors (Lipinski definition) is 3. The Morgan fingerprint density at radius 3 is 2.48 bits per heavy atom. The molecule has 0 aliphatic rings. The highest BCUT2D eigenvalue weighted by Crippen LogP contribution is 2.23. The van der Waals surface area contributed by atoms with Crippen LogP contribution >= 0.6 is 0 Å². The molecule has 0 saturated carbocycles. The Bertz CT molecular complexity index is 713. The van der Waals surface area contributed by atoms with Crippen molar-refractivity contribution in [1.29, 1.82) is 0 Å². The molecule has 0 fully saturated rings. The number of amides is 2. The van der Waals surface area contributed by atoms with Crippen molar-refractivity contribution in [2.75, 3.05) is 26.1 Å². The average Bonchev–Trinajstić information content (AvgIpc) is 2.64. The molecule has 2 aromatic carbocycles. The molecule has 0 radical (unpaired) electrons. The lowest BCUT2D eigenvalue weighted by molar-refractivity contribution is 0.159. The molecule has 134 valence electrons. The van der Waals surface area contributed by atoms with Gasteiger partial charge in [0, 0.05) is 12.7 Å². The van der Waals surface area contributed by atoms with Gasteiger partial charge < -0.3 is 20.1 Å². The third-order valence-electron chi connectivity index (χ3n) is 4.44. The van der Waals surface area contributed by atoms with Crippen molar-refractivity contribution in [2.24, 2.45) is 0 Å². The van der Waals surface area contributed by atoms with Crippen LogP contribution in [0.25, 0.3) is 0 Å². The van der Waals surface area contributed by atoms with Crippen molar-refractivity contribution in [3.63, 3.8) is 0 Å². The van der Waals surface area contributed by atoms with E-state index >= 15 is 0 Å². The first-order valence-electron chi connectivity index (χ1n) is 8.38. The fourth-order valence-corrected chi connectivity index (χ4v) is 2.76. The first-order chi connectivity index (χ1) is 12.0. The number of carbonyl (C=O) groups excluding carboxylic acids is 1. The third-order valence-corrected chi connectivity index (χ3v) is 4.44. The summed E-state index contributed by atoms with van der Waals surface area (Å²) < 4.78 is 5.15. The quantitative estimate of drug-likeness (QED) is 0.840. The Hall–Kier alpha value is -2.53. The number of methoxy groups -OCH3 is 1. The van der Waals surface area contributed by atoms with Crippen molar-refractivity contribution in [3.8, 4) is 5.75 Å². The lowest BCUT2D eigenvalue weighted by Crippen LogP contribution is -2.36. The minimum Gasteiger partial charge on any atom is -0.497 e. The third kappa shape index (κ3) is 4.51. The molecule has 2 aromatic rings. The fraction of sp³-hybridized carbons (Fsp3) is 0.350. The highest BCUT2D eigenvalue weighted by Gasteiger charge is 2.21. The zero-order valence-electron chi connectivity index (χ0n) is 15.2. The second-order valence-corrected chi connectivity index (χ2v) is 6.01. The van der Waals surface area contributed by atoms with E-state index < -0.39 is 6.04 Å².